The molecule has 1 aromatic heterocycles. The highest BCUT2D eigenvalue weighted by Gasteiger charge is 2.20. The van der Waals surface area contributed by atoms with Gasteiger partial charge >= 0.3 is 0 Å². The van der Waals surface area contributed by atoms with Crippen molar-refractivity contribution in [2.75, 3.05) is 6.54 Å². The maximum atomic E-state index is 11.1. The van der Waals surface area contributed by atoms with Crippen molar-refractivity contribution < 1.29 is 4.79 Å². The summed E-state index contributed by atoms with van der Waals surface area (Å²) in [6.45, 7) is 0.710. The van der Waals surface area contributed by atoms with Crippen LogP contribution in [0.15, 0.2) is 3.92 Å². The summed E-state index contributed by atoms with van der Waals surface area (Å²) in [4.78, 5) is 16.1. The van der Waals surface area contributed by atoms with Crippen LogP contribution >= 0.6 is 27.3 Å². The molecule has 1 aromatic rings. The third-order valence-electron chi connectivity index (χ3n) is 1.52. The lowest BCUT2D eigenvalue weighted by Gasteiger charge is -2.09. The minimum absolute atomic E-state index is 0.00875. The summed E-state index contributed by atoms with van der Waals surface area (Å²) in [6, 6.07) is 0. The van der Waals surface area contributed by atoms with Crippen LogP contribution < -0.4 is 5.32 Å². The smallest absolute Gasteiger partial charge is 0.263 e. The van der Waals surface area contributed by atoms with Crippen molar-refractivity contribution in [2.24, 2.45) is 0 Å². The zero-order valence-electron chi connectivity index (χ0n) is 5.56. The number of nitrogens with zero attached hydrogens (tertiary/aromatic N) is 1. The first-order valence-corrected chi connectivity index (χ1v) is 4.82. The zero-order valence-corrected chi connectivity index (χ0v) is 7.96. The van der Waals surface area contributed by atoms with Crippen LogP contribution in [0, 0.1) is 0 Å². The van der Waals surface area contributed by atoms with E-state index in [-0.39, 0.29) is 5.91 Å². The molecule has 2 rings (SSSR count). The first-order chi connectivity index (χ1) is 5.27. The van der Waals surface area contributed by atoms with Crippen LogP contribution in [0.25, 0.3) is 0 Å². The largest absolute Gasteiger partial charge is 0.351 e. The van der Waals surface area contributed by atoms with Gasteiger partial charge in [0.1, 0.15) is 4.88 Å². The van der Waals surface area contributed by atoms with Gasteiger partial charge in [-0.3, -0.25) is 4.79 Å². The van der Waals surface area contributed by atoms with Gasteiger partial charge in [0.2, 0.25) is 0 Å². The van der Waals surface area contributed by atoms with Gasteiger partial charge in [-0.25, -0.2) is 4.98 Å². The molecule has 1 amide bonds. The summed E-state index contributed by atoms with van der Waals surface area (Å²) in [5.41, 5.74) is 0.922. The fourth-order valence-corrected chi connectivity index (χ4v) is 2.50. The van der Waals surface area contributed by atoms with E-state index in [0.717, 1.165) is 20.9 Å². The van der Waals surface area contributed by atoms with Crippen molar-refractivity contribution in [3.05, 3.63) is 14.5 Å². The van der Waals surface area contributed by atoms with Crippen LogP contribution in [0.2, 0.25) is 0 Å². The molecule has 0 fully saturated rings. The Kier molecular flexibility index (Phi) is 1.69. The van der Waals surface area contributed by atoms with Crippen molar-refractivity contribution in [1.29, 1.82) is 0 Å². The van der Waals surface area contributed by atoms with Crippen molar-refractivity contribution in [3.63, 3.8) is 0 Å². The zero-order chi connectivity index (χ0) is 7.84. The lowest BCUT2D eigenvalue weighted by Crippen LogP contribution is -2.30. The third-order valence-corrected chi connectivity index (χ3v) is 3.07. The summed E-state index contributed by atoms with van der Waals surface area (Å²) < 4.78 is 0.791. The molecule has 3 nitrogen and oxygen atoms in total. The summed E-state index contributed by atoms with van der Waals surface area (Å²) in [6.07, 6.45) is 0.850. The molecule has 0 atom stereocenters. The molecular formula is C6H5BrN2OS. The quantitative estimate of drug-likeness (QED) is 0.731. The molecule has 0 unspecified atom stereocenters. The summed E-state index contributed by atoms with van der Waals surface area (Å²) in [5.74, 6) is 0.00875. The SMILES string of the molecule is O=C1NCCc2nc(Br)sc21. The molecule has 2 heterocycles. The molecule has 1 N–H and O–H groups in total. The topological polar surface area (TPSA) is 42.0 Å². The van der Waals surface area contributed by atoms with E-state index in [9.17, 15) is 4.79 Å². The van der Waals surface area contributed by atoms with Gasteiger partial charge in [-0.2, -0.15) is 0 Å². The van der Waals surface area contributed by atoms with Crippen molar-refractivity contribution >= 4 is 33.2 Å². The molecule has 58 valence electrons. The van der Waals surface area contributed by atoms with Gasteiger partial charge in [0.15, 0.2) is 3.92 Å². The highest BCUT2D eigenvalue weighted by Crippen LogP contribution is 2.24. The molecule has 0 radical (unpaired) electrons. The number of hydrogen-bond donors (Lipinski definition) is 1. The number of halogens is 1. The standard InChI is InChI=1S/C6H5BrN2OS/c7-6-9-3-1-2-8-5(10)4(3)11-6/h1-2H2,(H,8,10). The first-order valence-electron chi connectivity index (χ1n) is 3.21. The van der Waals surface area contributed by atoms with Gasteiger partial charge in [-0.05, 0) is 15.9 Å². The molecule has 0 aromatic carbocycles. The summed E-state index contributed by atoms with van der Waals surface area (Å²) in [5, 5.41) is 2.76. The molecule has 0 bridgehead atoms. The molecule has 11 heavy (non-hydrogen) atoms. The van der Waals surface area contributed by atoms with Crippen LogP contribution in [-0.4, -0.2) is 17.4 Å². The lowest BCUT2D eigenvalue weighted by atomic mass is 10.2. The highest BCUT2D eigenvalue weighted by atomic mass is 79.9. The Morgan fingerprint density at radius 2 is 2.45 bits per heavy atom. The number of rotatable bonds is 0. The fraction of sp³-hybridized carbons (Fsp3) is 0.333. The van der Waals surface area contributed by atoms with Gasteiger partial charge in [-0.1, -0.05) is 0 Å². The molecule has 5 heteroatoms. The van der Waals surface area contributed by atoms with E-state index in [1.807, 2.05) is 0 Å². The minimum atomic E-state index is 0.00875. The third kappa shape index (κ3) is 1.18. The van der Waals surface area contributed by atoms with Gasteiger partial charge in [0.05, 0.1) is 5.69 Å². The molecule has 0 saturated carbocycles. The Morgan fingerprint density at radius 1 is 1.64 bits per heavy atom. The second kappa shape index (κ2) is 2.57. The second-order valence-electron chi connectivity index (χ2n) is 2.25. The molecule has 0 saturated heterocycles. The van der Waals surface area contributed by atoms with E-state index in [1.54, 1.807) is 0 Å². The number of thiazole rings is 1. The number of fused-ring (bicyclic) bond motifs is 1. The molecule has 1 aliphatic rings. The van der Waals surface area contributed by atoms with Crippen LogP contribution in [0.3, 0.4) is 0 Å². The van der Waals surface area contributed by atoms with Gasteiger partial charge in [-0.15, -0.1) is 11.3 Å². The Balaban J connectivity index is 2.52. The average molecular weight is 233 g/mol. The Hall–Kier alpha value is -0.420. The second-order valence-corrected chi connectivity index (χ2v) is 4.52. The molecular weight excluding hydrogens is 228 g/mol. The maximum Gasteiger partial charge on any atom is 0.263 e. The van der Waals surface area contributed by atoms with Gasteiger partial charge < -0.3 is 5.32 Å². The van der Waals surface area contributed by atoms with E-state index in [2.05, 4.69) is 26.2 Å². The van der Waals surface area contributed by atoms with Crippen molar-refractivity contribution in [2.45, 2.75) is 6.42 Å². The van der Waals surface area contributed by atoms with Crippen LogP contribution in [-0.2, 0) is 6.42 Å². The van der Waals surface area contributed by atoms with E-state index in [1.165, 1.54) is 11.3 Å². The number of carbonyl (C=O) groups is 1. The van der Waals surface area contributed by atoms with E-state index in [4.69, 9.17) is 0 Å². The maximum absolute atomic E-state index is 11.1. The van der Waals surface area contributed by atoms with E-state index in [0.29, 0.717) is 6.54 Å². The molecule has 0 spiro atoms. The van der Waals surface area contributed by atoms with Gasteiger partial charge in [0, 0.05) is 13.0 Å². The number of hydrogen-bond acceptors (Lipinski definition) is 3. The number of nitrogens with one attached hydrogen (secondary N) is 1. The van der Waals surface area contributed by atoms with Crippen LogP contribution in [0.5, 0.6) is 0 Å². The summed E-state index contributed by atoms with van der Waals surface area (Å²) in [7, 11) is 0. The number of aromatic nitrogens is 1. The predicted molar refractivity (Wildman–Crippen MR) is 45.9 cm³/mol. The van der Waals surface area contributed by atoms with Crippen molar-refractivity contribution in [1.82, 2.24) is 10.3 Å². The van der Waals surface area contributed by atoms with Crippen molar-refractivity contribution in [3.8, 4) is 0 Å². The Morgan fingerprint density at radius 3 is 3.18 bits per heavy atom. The fourth-order valence-electron chi connectivity index (χ4n) is 1.04. The van der Waals surface area contributed by atoms with Crippen LogP contribution in [0.1, 0.15) is 15.4 Å². The highest BCUT2D eigenvalue weighted by molar-refractivity contribution is 9.11. The summed E-state index contributed by atoms with van der Waals surface area (Å²) >= 11 is 4.64. The van der Waals surface area contributed by atoms with Gasteiger partial charge in [0.25, 0.3) is 5.91 Å². The molecule has 1 aliphatic heterocycles. The lowest BCUT2D eigenvalue weighted by molar-refractivity contribution is 0.0950. The average Bonchev–Trinajstić information content (AvgIpc) is 2.31. The minimum Gasteiger partial charge on any atom is -0.351 e. The monoisotopic (exact) mass is 232 g/mol. The first kappa shape index (κ1) is 7.24. The molecule has 0 aliphatic carbocycles. The predicted octanol–water partition coefficient (Wildman–Crippen LogP) is 1.19. The van der Waals surface area contributed by atoms with E-state index >= 15 is 0 Å². The Bertz CT molecular complexity index is 310. The normalized spacial score (nSPS) is 15.9. The number of carbonyl (C=O) groups excluding carboxylic acids is 1. The Labute approximate surface area is 76.0 Å². The van der Waals surface area contributed by atoms with Crippen LogP contribution in [0.4, 0.5) is 0 Å². The van der Waals surface area contributed by atoms with E-state index < -0.39 is 0 Å². The number of amides is 1.